The van der Waals surface area contributed by atoms with E-state index in [1.54, 1.807) is 30.9 Å². The van der Waals surface area contributed by atoms with E-state index in [2.05, 4.69) is 15.4 Å². The van der Waals surface area contributed by atoms with E-state index in [-0.39, 0.29) is 24.0 Å². The Kier molecular flexibility index (Phi) is 5.58. The Hall–Kier alpha value is -3.51. The molecule has 2 aromatic heterocycles. The van der Waals surface area contributed by atoms with E-state index >= 15 is 0 Å². The van der Waals surface area contributed by atoms with Crippen molar-refractivity contribution in [2.24, 2.45) is 14.1 Å². The van der Waals surface area contributed by atoms with Crippen molar-refractivity contribution >= 4 is 28.1 Å². The van der Waals surface area contributed by atoms with Crippen LogP contribution in [-0.4, -0.2) is 56.1 Å². The van der Waals surface area contributed by atoms with Crippen LogP contribution in [0.5, 0.6) is 0 Å². The predicted molar refractivity (Wildman–Crippen MR) is 118 cm³/mol. The lowest BCUT2D eigenvalue weighted by molar-refractivity contribution is -0.123. The minimum Gasteiger partial charge on any atom is -0.483 e. The van der Waals surface area contributed by atoms with Gasteiger partial charge in [-0.05, 0) is 25.0 Å². The van der Waals surface area contributed by atoms with Crippen LogP contribution in [0.4, 0.5) is 5.69 Å². The average molecular weight is 473 g/mol. The number of nitrogens with one attached hydrogen (secondary N) is 1. The largest absolute Gasteiger partial charge is 0.483 e. The summed E-state index contributed by atoms with van der Waals surface area (Å²) in [7, 11) is -0.515. The highest BCUT2D eigenvalue weighted by Crippen LogP contribution is 2.55. The maximum absolute atomic E-state index is 13.8. The van der Waals surface area contributed by atoms with Crippen molar-refractivity contribution < 1.29 is 23.1 Å². The summed E-state index contributed by atoms with van der Waals surface area (Å²) >= 11 is 0. The quantitative estimate of drug-likeness (QED) is 0.546. The Labute approximate surface area is 190 Å². The highest BCUT2D eigenvalue weighted by atomic mass is 32.2. The Morgan fingerprint density at radius 2 is 1.97 bits per heavy atom. The third-order valence-electron chi connectivity index (χ3n) is 6.25. The molecule has 12 heteroatoms. The number of fused-ring (bicyclic) bond motifs is 2. The summed E-state index contributed by atoms with van der Waals surface area (Å²) < 4.78 is 32.2. The summed E-state index contributed by atoms with van der Waals surface area (Å²) in [4.78, 5) is 26.2. The molecule has 5 rings (SSSR count). The lowest BCUT2D eigenvalue weighted by Crippen LogP contribution is -2.44. The van der Waals surface area contributed by atoms with E-state index in [0.717, 1.165) is 11.3 Å². The van der Waals surface area contributed by atoms with Crippen molar-refractivity contribution in [1.82, 2.24) is 23.6 Å². The number of carboxylic acid groups (broad SMARTS) is 1. The van der Waals surface area contributed by atoms with Crippen LogP contribution in [0.25, 0.3) is 0 Å². The van der Waals surface area contributed by atoms with Gasteiger partial charge in [-0.2, -0.15) is 9.40 Å². The molecule has 1 amide bonds. The van der Waals surface area contributed by atoms with Gasteiger partial charge >= 0.3 is 0 Å². The first-order valence-electron chi connectivity index (χ1n) is 10.2. The Morgan fingerprint density at radius 3 is 2.58 bits per heavy atom. The number of anilines is 1. The SMILES string of the molecule is Cc1cnn(C)c1S(=O)(=O)N1CC[C@]2(C(=O)Nc3ccccc32)[C@@H]1c1nccn1C.O=CO. The molecule has 2 atom stereocenters. The Morgan fingerprint density at radius 1 is 1.27 bits per heavy atom. The summed E-state index contributed by atoms with van der Waals surface area (Å²) in [6.07, 6.45) is 5.29. The molecule has 3 aromatic rings. The molecular weight excluding hydrogens is 448 g/mol. The zero-order valence-electron chi connectivity index (χ0n) is 18.3. The number of aromatic nitrogens is 4. The van der Waals surface area contributed by atoms with Crippen LogP contribution in [-0.2, 0) is 39.1 Å². The number of para-hydroxylation sites is 1. The lowest BCUT2D eigenvalue weighted by Gasteiger charge is -2.33. The number of hydrogen-bond donors (Lipinski definition) is 2. The minimum atomic E-state index is -3.94. The molecule has 174 valence electrons. The summed E-state index contributed by atoms with van der Waals surface area (Å²) in [5.41, 5.74) is 1.04. The monoisotopic (exact) mass is 472 g/mol. The van der Waals surface area contributed by atoms with Crippen molar-refractivity contribution in [3.8, 4) is 0 Å². The van der Waals surface area contributed by atoms with Gasteiger partial charge in [-0.3, -0.25) is 14.3 Å². The summed E-state index contributed by atoms with van der Waals surface area (Å²) in [5, 5.41) is 14.1. The van der Waals surface area contributed by atoms with Gasteiger partial charge in [0.1, 0.15) is 17.3 Å². The molecule has 0 bridgehead atoms. The number of carbonyl (C=O) groups is 2. The fraction of sp³-hybridized carbons (Fsp3) is 0.333. The number of aryl methyl sites for hydroxylation is 3. The number of sulfonamides is 1. The molecular formula is C21H24N6O5S. The zero-order chi connectivity index (χ0) is 24.0. The van der Waals surface area contributed by atoms with Crippen molar-refractivity contribution in [1.29, 1.82) is 0 Å². The van der Waals surface area contributed by atoms with Gasteiger partial charge in [-0.25, -0.2) is 13.4 Å². The van der Waals surface area contributed by atoms with Gasteiger partial charge in [0, 0.05) is 44.3 Å². The van der Waals surface area contributed by atoms with Crippen molar-refractivity contribution in [2.75, 3.05) is 11.9 Å². The molecule has 11 nitrogen and oxygen atoms in total. The second kappa shape index (κ2) is 8.12. The third kappa shape index (κ3) is 3.25. The van der Waals surface area contributed by atoms with Gasteiger partial charge in [-0.15, -0.1) is 0 Å². The third-order valence-corrected chi connectivity index (χ3v) is 8.34. The van der Waals surface area contributed by atoms with Crippen LogP contribution < -0.4 is 5.32 Å². The summed E-state index contributed by atoms with van der Waals surface area (Å²) in [6, 6.07) is 6.70. The molecule has 1 fully saturated rings. The van der Waals surface area contributed by atoms with E-state index in [1.807, 2.05) is 31.3 Å². The van der Waals surface area contributed by atoms with E-state index < -0.39 is 21.5 Å². The number of hydrogen-bond acceptors (Lipinski definition) is 6. The number of carbonyl (C=O) groups excluding carboxylic acids is 1. The van der Waals surface area contributed by atoms with Gasteiger partial charge in [0.05, 0.1) is 6.20 Å². The molecule has 4 heterocycles. The lowest BCUT2D eigenvalue weighted by atomic mass is 9.75. The van der Waals surface area contributed by atoms with Crippen LogP contribution in [0.3, 0.4) is 0 Å². The van der Waals surface area contributed by atoms with Crippen molar-refractivity contribution in [2.45, 2.75) is 29.8 Å². The van der Waals surface area contributed by atoms with Gasteiger partial charge in [-0.1, -0.05) is 18.2 Å². The van der Waals surface area contributed by atoms with Crippen LogP contribution in [0.2, 0.25) is 0 Å². The van der Waals surface area contributed by atoms with Crippen LogP contribution in [0.1, 0.15) is 29.4 Å². The molecule has 0 aliphatic carbocycles. The molecule has 1 spiro atoms. The zero-order valence-corrected chi connectivity index (χ0v) is 19.2. The molecule has 2 N–H and O–H groups in total. The average Bonchev–Trinajstić information content (AvgIpc) is 3.51. The number of imidazole rings is 1. The first-order valence-corrected chi connectivity index (χ1v) is 11.6. The number of nitrogens with zero attached hydrogens (tertiary/aromatic N) is 5. The van der Waals surface area contributed by atoms with Gasteiger partial charge in [0.15, 0.2) is 5.03 Å². The van der Waals surface area contributed by atoms with Gasteiger partial charge in [0.2, 0.25) is 5.91 Å². The van der Waals surface area contributed by atoms with Gasteiger partial charge in [0.25, 0.3) is 16.5 Å². The molecule has 0 unspecified atom stereocenters. The maximum atomic E-state index is 13.8. The highest BCUT2D eigenvalue weighted by molar-refractivity contribution is 7.89. The number of benzene rings is 1. The fourth-order valence-corrected chi connectivity index (χ4v) is 6.87. The smallest absolute Gasteiger partial charge is 0.290 e. The molecule has 33 heavy (non-hydrogen) atoms. The summed E-state index contributed by atoms with van der Waals surface area (Å²) in [6.45, 7) is 1.67. The predicted octanol–water partition coefficient (Wildman–Crippen LogP) is 1.19. The van der Waals surface area contributed by atoms with E-state index in [4.69, 9.17) is 9.90 Å². The van der Waals surface area contributed by atoms with Crippen molar-refractivity contribution in [3.63, 3.8) is 0 Å². The van der Waals surface area contributed by atoms with E-state index in [1.165, 1.54) is 15.2 Å². The Balaban J connectivity index is 0.000000821. The molecule has 2 aliphatic rings. The normalized spacial score (nSPS) is 22.0. The molecule has 1 aromatic carbocycles. The molecule has 0 saturated carbocycles. The van der Waals surface area contributed by atoms with Gasteiger partial charge < -0.3 is 15.0 Å². The fourth-order valence-electron chi connectivity index (χ4n) is 4.92. The van der Waals surface area contributed by atoms with Crippen LogP contribution >= 0.6 is 0 Å². The van der Waals surface area contributed by atoms with E-state index in [9.17, 15) is 13.2 Å². The van der Waals surface area contributed by atoms with Crippen LogP contribution in [0.15, 0.2) is 47.9 Å². The Bertz CT molecular complexity index is 1310. The number of rotatable bonds is 3. The second-order valence-electron chi connectivity index (χ2n) is 8.00. The van der Waals surface area contributed by atoms with E-state index in [0.29, 0.717) is 17.8 Å². The first-order chi connectivity index (χ1) is 15.7. The second-order valence-corrected chi connectivity index (χ2v) is 9.80. The molecule has 1 saturated heterocycles. The van der Waals surface area contributed by atoms with Crippen molar-refractivity contribution in [3.05, 3.63) is 59.8 Å². The number of amides is 1. The minimum absolute atomic E-state index is 0.130. The highest BCUT2D eigenvalue weighted by Gasteiger charge is 2.62. The standard InChI is InChI=1S/C20H22N6O3S.CH2O2/c1-13-12-22-25(3)18(13)30(28,29)26-10-8-20(16(26)17-21-9-11-24(17)2)14-6-4-5-7-15(14)23-19(20)27;2-1-3/h4-7,9,11-12,16H,8,10H2,1-3H3,(H,23,27);1H,(H,2,3)/t16-,20+;/m0./s1. The molecule has 2 aliphatic heterocycles. The maximum Gasteiger partial charge on any atom is 0.290 e. The topological polar surface area (TPSA) is 139 Å². The molecule has 0 radical (unpaired) electrons. The van der Waals surface area contributed by atoms with Crippen LogP contribution in [0, 0.1) is 6.92 Å². The first kappa shape index (κ1) is 22.7. The summed E-state index contributed by atoms with van der Waals surface area (Å²) in [5.74, 6) is 0.332.